The topological polar surface area (TPSA) is 103 Å². The molecule has 0 unspecified atom stereocenters. The van der Waals surface area contributed by atoms with Crippen LogP contribution in [-0.4, -0.2) is 32.2 Å². The fraction of sp³-hybridized carbons (Fsp3) is 0.0556. The zero-order chi connectivity index (χ0) is 19.7. The summed E-state index contributed by atoms with van der Waals surface area (Å²) in [7, 11) is 1.73. The molecule has 0 aliphatic rings. The fourth-order valence-electron chi connectivity index (χ4n) is 2.75. The molecular weight excluding hydrogens is 417 g/mol. The number of nitrogens with one attached hydrogen (secondary N) is 2. The lowest BCUT2D eigenvalue weighted by Crippen LogP contribution is -1.96. The Morgan fingerprint density at radius 1 is 1.18 bits per heavy atom. The van der Waals surface area contributed by atoms with Gasteiger partial charge in [0.2, 0.25) is 5.95 Å². The molecule has 3 aromatic heterocycles. The standard InChI is InChI=1S/C18H11Cl2N7S/c1-22-18-23-5-4-13(26-18)15-11(7-21)14(10-3-2-9(19)6-12(10)20)16(28-15)17-24-8-25-27-17/h2-6,8H,1H3,(H,22,23,26)(H,24,25,27). The van der Waals surface area contributed by atoms with Crippen LogP contribution in [0.25, 0.3) is 32.4 Å². The Balaban J connectivity index is 2.03. The van der Waals surface area contributed by atoms with Gasteiger partial charge in [-0.3, -0.25) is 5.10 Å². The summed E-state index contributed by atoms with van der Waals surface area (Å²) in [5.74, 6) is 0.999. The van der Waals surface area contributed by atoms with Crippen LogP contribution in [0, 0.1) is 11.3 Å². The third kappa shape index (κ3) is 3.20. The number of hydrogen-bond acceptors (Lipinski definition) is 7. The molecule has 10 heteroatoms. The number of H-pyrrole nitrogens is 1. The van der Waals surface area contributed by atoms with Gasteiger partial charge in [0.25, 0.3) is 0 Å². The zero-order valence-corrected chi connectivity index (χ0v) is 16.7. The Labute approximate surface area is 174 Å². The number of rotatable bonds is 4. The molecule has 0 saturated carbocycles. The normalized spacial score (nSPS) is 10.6. The molecule has 1 aromatic carbocycles. The number of halogens is 2. The van der Waals surface area contributed by atoms with Crippen molar-refractivity contribution in [3.63, 3.8) is 0 Å². The Morgan fingerprint density at radius 3 is 2.71 bits per heavy atom. The molecule has 0 radical (unpaired) electrons. The Kier molecular flexibility index (Phi) is 4.96. The lowest BCUT2D eigenvalue weighted by Gasteiger charge is -2.06. The highest BCUT2D eigenvalue weighted by Gasteiger charge is 2.25. The van der Waals surface area contributed by atoms with E-state index in [-0.39, 0.29) is 0 Å². The summed E-state index contributed by atoms with van der Waals surface area (Å²) in [6.07, 6.45) is 3.05. The molecule has 0 aliphatic carbocycles. The molecule has 0 saturated heterocycles. The Morgan fingerprint density at radius 2 is 2.04 bits per heavy atom. The first kappa shape index (κ1) is 18.4. The van der Waals surface area contributed by atoms with Gasteiger partial charge in [0.1, 0.15) is 12.4 Å². The van der Waals surface area contributed by atoms with E-state index in [9.17, 15) is 5.26 Å². The molecule has 0 atom stereocenters. The van der Waals surface area contributed by atoms with Gasteiger partial charge in [0, 0.05) is 34.4 Å². The minimum atomic E-state index is 0.438. The van der Waals surface area contributed by atoms with Crippen molar-refractivity contribution >= 4 is 40.5 Å². The molecule has 0 bridgehead atoms. The van der Waals surface area contributed by atoms with E-state index in [0.29, 0.717) is 49.1 Å². The summed E-state index contributed by atoms with van der Waals surface area (Å²) in [6, 6.07) is 9.22. The van der Waals surface area contributed by atoms with Crippen molar-refractivity contribution in [3.8, 4) is 38.5 Å². The van der Waals surface area contributed by atoms with Crippen molar-refractivity contribution in [3.05, 3.63) is 52.4 Å². The monoisotopic (exact) mass is 427 g/mol. The average molecular weight is 428 g/mol. The summed E-state index contributed by atoms with van der Waals surface area (Å²) < 4.78 is 0. The van der Waals surface area contributed by atoms with Crippen molar-refractivity contribution in [1.29, 1.82) is 5.26 Å². The van der Waals surface area contributed by atoms with E-state index in [1.165, 1.54) is 17.7 Å². The third-order valence-electron chi connectivity index (χ3n) is 3.96. The van der Waals surface area contributed by atoms with E-state index in [1.54, 1.807) is 37.5 Å². The van der Waals surface area contributed by atoms with E-state index in [1.807, 2.05) is 0 Å². The summed E-state index contributed by atoms with van der Waals surface area (Å²) in [6.45, 7) is 0. The van der Waals surface area contributed by atoms with Crippen LogP contribution in [-0.2, 0) is 0 Å². The zero-order valence-electron chi connectivity index (χ0n) is 14.4. The second kappa shape index (κ2) is 7.56. The molecule has 0 amide bonds. The quantitative estimate of drug-likeness (QED) is 0.480. The molecule has 3 heterocycles. The van der Waals surface area contributed by atoms with E-state index in [2.05, 4.69) is 36.5 Å². The smallest absolute Gasteiger partial charge is 0.222 e. The van der Waals surface area contributed by atoms with Gasteiger partial charge in [-0.05, 0) is 18.2 Å². The number of nitriles is 1. The average Bonchev–Trinajstić information content (AvgIpc) is 3.35. The van der Waals surface area contributed by atoms with Crippen LogP contribution in [0.1, 0.15) is 5.56 Å². The maximum absolute atomic E-state index is 9.99. The van der Waals surface area contributed by atoms with Crippen LogP contribution < -0.4 is 5.32 Å². The predicted molar refractivity (Wildman–Crippen MR) is 110 cm³/mol. The van der Waals surface area contributed by atoms with Crippen molar-refractivity contribution in [2.45, 2.75) is 0 Å². The lowest BCUT2D eigenvalue weighted by atomic mass is 9.99. The molecular formula is C18H11Cl2N7S. The molecule has 0 aliphatic heterocycles. The minimum Gasteiger partial charge on any atom is -0.357 e. The van der Waals surface area contributed by atoms with Crippen molar-refractivity contribution in [1.82, 2.24) is 25.1 Å². The van der Waals surface area contributed by atoms with Gasteiger partial charge in [0.05, 0.1) is 21.0 Å². The second-order valence-electron chi connectivity index (χ2n) is 5.60. The van der Waals surface area contributed by atoms with Gasteiger partial charge in [-0.25, -0.2) is 15.0 Å². The molecule has 7 nitrogen and oxygen atoms in total. The molecule has 4 rings (SSSR count). The van der Waals surface area contributed by atoms with Crippen LogP contribution in [0.3, 0.4) is 0 Å². The summed E-state index contributed by atoms with van der Waals surface area (Å²) in [5, 5.41) is 20.6. The van der Waals surface area contributed by atoms with E-state index >= 15 is 0 Å². The molecule has 2 N–H and O–H groups in total. The van der Waals surface area contributed by atoms with Crippen LogP contribution >= 0.6 is 34.5 Å². The van der Waals surface area contributed by atoms with Crippen LogP contribution in [0.4, 0.5) is 5.95 Å². The fourth-order valence-corrected chi connectivity index (χ4v) is 4.44. The number of hydrogen-bond donors (Lipinski definition) is 2. The van der Waals surface area contributed by atoms with Gasteiger partial charge >= 0.3 is 0 Å². The van der Waals surface area contributed by atoms with E-state index in [0.717, 1.165) is 4.88 Å². The second-order valence-corrected chi connectivity index (χ2v) is 7.46. The first-order valence-electron chi connectivity index (χ1n) is 8.01. The highest BCUT2D eigenvalue weighted by atomic mass is 35.5. The number of thiophene rings is 1. The van der Waals surface area contributed by atoms with Gasteiger partial charge < -0.3 is 5.32 Å². The minimum absolute atomic E-state index is 0.438. The highest BCUT2D eigenvalue weighted by Crippen LogP contribution is 2.47. The van der Waals surface area contributed by atoms with Crippen molar-refractivity contribution < 1.29 is 0 Å². The first-order chi connectivity index (χ1) is 13.6. The first-order valence-corrected chi connectivity index (χ1v) is 9.58. The Bertz CT molecular complexity index is 1200. The molecule has 138 valence electrons. The van der Waals surface area contributed by atoms with Gasteiger partial charge in [-0.1, -0.05) is 29.3 Å². The number of aromatic amines is 1. The lowest BCUT2D eigenvalue weighted by molar-refractivity contribution is 1.10. The third-order valence-corrected chi connectivity index (χ3v) is 5.73. The number of aromatic nitrogens is 5. The van der Waals surface area contributed by atoms with Crippen LogP contribution in [0.15, 0.2) is 36.8 Å². The van der Waals surface area contributed by atoms with Gasteiger partial charge in [-0.2, -0.15) is 10.4 Å². The number of benzene rings is 1. The number of nitrogens with zero attached hydrogens (tertiary/aromatic N) is 5. The summed E-state index contributed by atoms with van der Waals surface area (Å²) in [5.41, 5.74) is 2.41. The molecule has 28 heavy (non-hydrogen) atoms. The Hall–Kier alpha value is -2.99. The van der Waals surface area contributed by atoms with Gasteiger partial charge in [-0.15, -0.1) is 11.3 Å². The van der Waals surface area contributed by atoms with E-state index in [4.69, 9.17) is 23.2 Å². The molecule has 0 spiro atoms. The van der Waals surface area contributed by atoms with E-state index < -0.39 is 0 Å². The molecule has 0 fully saturated rings. The number of anilines is 1. The highest BCUT2D eigenvalue weighted by molar-refractivity contribution is 7.19. The predicted octanol–water partition coefficient (Wildman–Crippen LogP) is 4.88. The molecule has 4 aromatic rings. The SMILES string of the molecule is CNc1nccc(-c2sc(-c3ncn[nH]3)c(-c3ccc(Cl)cc3Cl)c2C#N)n1. The van der Waals surface area contributed by atoms with Crippen LogP contribution in [0.5, 0.6) is 0 Å². The maximum atomic E-state index is 9.99. The summed E-state index contributed by atoms with van der Waals surface area (Å²) >= 11 is 13.9. The van der Waals surface area contributed by atoms with Crippen molar-refractivity contribution in [2.75, 3.05) is 12.4 Å². The maximum Gasteiger partial charge on any atom is 0.222 e. The van der Waals surface area contributed by atoms with Crippen molar-refractivity contribution in [2.24, 2.45) is 0 Å². The van der Waals surface area contributed by atoms with Gasteiger partial charge in [0.15, 0.2) is 5.82 Å². The van der Waals surface area contributed by atoms with Crippen LogP contribution in [0.2, 0.25) is 10.0 Å². The largest absolute Gasteiger partial charge is 0.357 e. The summed E-state index contributed by atoms with van der Waals surface area (Å²) in [4.78, 5) is 14.3.